The molecule has 0 spiro atoms. The lowest BCUT2D eigenvalue weighted by Crippen LogP contribution is -2.21. The van der Waals surface area contributed by atoms with Gasteiger partial charge < -0.3 is 0 Å². The number of rotatable bonds is 1. The molecule has 1 N–H and O–H groups in total. The summed E-state index contributed by atoms with van der Waals surface area (Å²) in [5.41, 5.74) is 2.02. The van der Waals surface area contributed by atoms with Crippen molar-refractivity contribution in [2.75, 3.05) is 11.7 Å². The molecule has 0 unspecified atom stereocenters. The molecule has 0 radical (unpaired) electrons. The third-order valence-corrected chi connectivity index (χ3v) is 3.61. The van der Waals surface area contributed by atoms with E-state index in [1.54, 1.807) is 11.3 Å². The van der Waals surface area contributed by atoms with Gasteiger partial charge in [-0.1, -0.05) is 30.3 Å². The van der Waals surface area contributed by atoms with E-state index in [1.165, 1.54) is 10.6 Å². The van der Waals surface area contributed by atoms with Gasteiger partial charge >= 0.3 is 0 Å². The Kier molecular flexibility index (Phi) is 2.23. The van der Waals surface area contributed by atoms with Crippen molar-refractivity contribution >= 4 is 23.2 Å². The molecule has 1 aromatic carbocycles. The highest BCUT2D eigenvalue weighted by atomic mass is 32.1. The van der Waals surface area contributed by atoms with Crippen molar-refractivity contribution in [3.63, 3.8) is 0 Å². The fourth-order valence-electron chi connectivity index (χ4n) is 1.71. The van der Waals surface area contributed by atoms with Gasteiger partial charge in [0, 0.05) is 11.1 Å². The van der Waals surface area contributed by atoms with Crippen molar-refractivity contribution in [3.05, 3.63) is 41.3 Å². The summed E-state index contributed by atoms with van der Waals surface area (Å²) in [6, 6.07) is 12.2. The Morgan fingerprint density at radius 1 is 1.25 bits per heavy atom. The number of nitrogens with zero attached hydrogens (tertiary/aromatic N) is 2. The first-order valence-corrected chi connectivity index (χ1v) is 5.82. The Hall–Kier alpha value is -1.65. The topological polar surface area (TPSA) is 35.8 Å². The van der Waals surface area contributed by atoms with E-state index in [4.69, 9.17) is 0 Å². The van der Waals surface area contributed by atoms with Crippen molar-refractivity contribution in [1.82, 2.24) is 0 Å². The number of aliphatic imine (C=N–C) groups is 1. The number of thiophene rings is 1. The van der Waals surface area contributed by atoms with Crippen molar-refractivity contribution < 1.29 is 5.21 Å². The minimum absolute atomic E-state index is 0.317. The molecule has 80 valence electrons. The second-order valence-corrected chi connectivity index (χ2v) is 4.66. The van der Waals surface area contributed by atoms with Crippen LogP contribution in [0.5, 0.6) is 0 Å². The third kappa shape index (κ3) is 1.52. The Morgan fingerprint density at radius 2 is 2.06 bits per heavy atom. The molecule has 16 heavy (non-hydrogen) atoms. The highest BCUT2D eigenvalue weighted by molar-refractivity contribution is 7.17. The average Bonchev–Trinajstić information content (AvgIpc) is 2.76. The molecule has 2 heterocycles. The van der Waals surface area contributed by atoms with Crippen LogP contribution in [-0.2, 0) is 0 Å². The van der Waals surface area contributed by atoms with Crippen LogP contribution in [0.2, 0.25) is 0 Å². The van der Waals surface area contributed by atoms with Crippen molar-refractivity contribution in [1.29, 1.82) is 0 Å². The van der Waals surface area contributed by atoms with E-state index in [9.17, 15) is 5.21 Å². The zero-order valence-corrected chi connectivity index (χ0v) is 9.31. The lowest BCUT2D eigenvalue weighted by Gasteiger charge is -2.16. The Bertz CT molecular complexity index is 533. The molecule has 3 nitrogen and oxygen atoms in total. The smallest absolute Gasteiger partial charge is 0.135 e. The van der Waals surface area contributed by atoms with Crippen LogP contribution in [0.25, 0.3) is 10.4 Å². The maximum Gasteiger partial charge on any atom is 0.135 e. The number of benzene rings is 1. The summed E-state index contributed by atoms with van der Waals surface area (Å²) < 4.78 is 0. The lowest BCUT2D eigenvalue weighted by molar-refractivity contribution is 0.257. The molecular formula is C12H10N2OS. The molecule has 3 rings (SSSR count). The fraction of sp³-hybridized carbons (Fsp3) is 0.0833. The Morgan fingerprint density at radius 3 is 2.81 bits per heavy atom. The average molecular weight is 230 g/mol. The van der Waals surface area contributed by atoms with Crippen molar-refractivity contribution in [2.45, 2.75) is 0 Å². The Balaban J connectivity index is 2.09. The number of fused-ring (bicyclic) bond motifs is 1. The summed E-state index contributed by atoms with van der Waals surface area (Å²) in [6.07, 6.45) is 1.82. The molecule has 4 heteroatoms. The zero-order chi connectivity index (χ0) is 11.0. The van der Waals surface area contributed by atoms with Gasteiger partial charge in [0.25, 0.3) is 0 Å². The molecule has 1 aliphatic rings. The van der Waals surface area contributed by atoms with Gasteiger partial charge in [-0.15, -0.1) is 11.3 Å². The summed E-state index contributed by atoms with van der Waals surface area (Å²) in [5, 5.41) is 10.8. The highest BCUT2D eigenvalue weighted by Crippen LogP contribution is 2.36. The summed E-state index contributed by atoms with van der Waals surface area (Å²) in [4.78, 5) is 6.23. The quantitative estimate of drug-likeness (QED) is 0.817. The minimum Gasteiger partial charge on any atom is -0.287 e. The van der Waals surface area contributed by atoms with Gasteiger partial charge in [-0.2, -0.15) is 0 Å². The molecule has 0 bridgehead atoms. The van der Waals surface area contributed by atoms with Gasteiger partial charge in [-0.25, -0.2) is 5.06 Å². The molecule has 0 amide bonds. The SMILES string of the molecule is ON1CN=Cc2sc(-c3ccccc3)cc21. The van der Waals surface area contributed by atoms with Crippen LogP contribution in [0.3, 0.4) is 0 Å². The van der Waals surface area contributed by atoms with Crippen LogP contribution in [0, 0.1) is 0 Å². The van der Waals surface area contributed by atoms with Crippen LogP contribution < -0.4 is 5.06 Å². The zero-order valence-electron chi connectivity index (χ0n) is 8.50. The minimum atomic E-state index is 0.317. The predicted octanol–water partition coefficient (Wildman–Crippen LogP) is 3.00. The van der Waals surface area contributed by atoms with Gasteiger partial charge in [0.1, 0.15) is 6.67 Å². The van der Waals surface area contributed by atoms with Crippen molar-refractivity contribution in [3.8, 4) is 10.4 Å². The molecule has 0 aliphatic carbocycles. The van der Waals surface area contributed by atoms with E-state index in [1.807, 2.05) is 30.5 Å². The van der Waals surface area contributed by atoms with E-state index in [-0.39, 0.29) is 0 Å². The molecular weight excluding hydrogens is 220 g/mol. The summed E-state index contributed by atoms with van der Waals surface area (Å²) in [5.74, 6) is 0. The van der Waals surface area contributed by atoms with E-state index in [0.717, 1.165) is 15.4 Å². The van der Waals surface area contributed by atoms with Crippen LogP contribution in [-0.4, -0.2) is 18.1 Å². The molecule has 0 atom stereocenters. The molecule has 1 aliphatic heterocycles. The predicted molar refractivity (Wildman–Crippen MR) is 66.5 cm³/mol. The third-order valence-electron chi connectivity index (χ3n) is 2.50. The van der Waals surface area contributed by atoms with Gasteiger partial charge in [0.2, 0.25) is 0 Å². The first-order valence-electron chi connectivity index (χ1n) is 5.00. The Labute approximate surface area is 97.3 Å². The summed E-state index contributed by atoms with van der Waals surface area (Å²) in [6.45, 7) is 0.317. The van der Waals surface area contributed by atoms with E-state index < -0.39 is 0 Å². The summed E-state index contributed by atoms with van der Waals surface area (Å²) in [7, 11) is 0. The number of anilines is 1. The largest absolute Gasteiger partial charge is 0.287 e. The molecule has 1 aromatic heterocycles. The molecule has 2 aromatic rings. The number of hydrogen-bond acceptors (Lipinski definition) is 4. The second-order valence-electron chi connectivity index (χ2n) is 3.58. The van der Waals surface area contributed by atoms with Gasteiger partial charge in [0.05, 0.1) is 10.6 Å². The maximum atomic E-state index is 9.65. The van der Waals surface area contributed by atoms with Crippen LogP contribution in [0.15, 0.2) is 41.4 Å². The van der Waals surface area contributed by atoms with Gasteiger partial charge in [-0.3, -0.25) is 10.2 Å². The van der Waals surface area contributed by atoms with E-state index in [2.05, 4.69) is 17.1 Å². The van der Waals surface area contributed by atoms with Gasteiger partial charge in [-0.05, 0) is 11.6 Å². The first-order chi connectivity index (χ1) is 7.84. The fourth-order valence-corrected chi connectivity index (χ4v) is 2.77. The van der Waals surface area contributed by atoms with Crippen LogP contribution in [0.4, 0.5) is 5.69 Å². The number of hydroxylamine groups is 1. The normalized spacial score (nSPS) is 13.9. The first kappa shape index (κ1) is 9.57. The lowest BCUT2D eigenvalue weighted by atomic mass is 10.2. The molecule has 0 fully saturated rings. The van der Waals surface area contributed by atoms with Gasteiger partial charge in [0.15, 0.2) is 0 Å². The van der Waals surface area contributed by atoms with Crippen LogP contribution in [0.1, 0.15) is 4.88 Å². The molecule has 0 saturated carbocycles. The van der Waals surface area contributed by atoms with E-state index >= 15 is 0 Å². The monoisotopic (exact) mass is 230 g/mol. The number of hydrogen-bond donors (Lipinski definition) is 1. The van der Waals surface area contributed by atoms with Crippen LogP contribution >= 0.6 is 11.3 Å². The van der Waals surface area contributed by atoms with Crippen molar-refractivity contribution in [2.24, 2.45) is 4.99 Å². The summed E-state index contributed by atoms with van der Waals surface area (Å²) >= 11 is 1.64. The maximum absolute atomic E-state index is 9.65. The standard InChI is InChI=1S/C12H10N2OS/c15-14-8-13-7-12-10(14)6-11(16-12)9-4-2-1-3-5-9/h1-7,15H,8H2. The highest BCUT2D eigenvalue weighted by Gasteiger charge is 2.16. The molecule has 0 saturated heterocycles. The second kappa shape index (κ2) is 3.73. The van der Waals surface area contributed by atoms with E-state index in [0.29, 0.717) is 6.67 Å².